The lowest BCUT2D eigenvalue weighted by Crippen LogP contribution is -2.12. The lowest BCUT2D eigenvalue weighted by molar-refractivity contribution is 0.555. The Morgan fingerprint density at radius 3 is 2.69 bits per heavy atom. The summed E-state index contributed by atoms with van der Waals surface area (Å²) in [5.74, 6) is -0.526. The van der Waals surface area contributed by atoms with Gasteiger partial charge in [-0.25, -0.2) is 18.2 Å². The number of hydrogen-bond donors (Lipinski definition) is 2. The number of thiazole rings is 1. The van der Waals surface area contributed by atoms with Crippen LogP contribution in [-0.4, -0.2) is 18.4 Å². The van der Waals surface area contributed by atoms with E-state index in [1.807, 2.05) is 6.92 Å². The van der Waals surface area contributed by atoms with E-state index in [1.165, 1.54) is 11.3 Å². The predicted molar refractivity (Wildman–Crippen MR) is 99.9 cm³/mol. The largest absolute Gasteiger partial charge is 0.417 e. The summed E-state index contributed by atoms with van der Waals surface area (Å²) in [4.78, 5) is 18.3. The Hall–Kier alpha value is -2.91. The Morgan fingerprint density at radius 1 is 1.15 bits per heavy atom. The van der Waals surface area contributed by atoms with Gasteiger partial charge in [-0.3, -0.25) is 9.71 Å². The number of fused-ring (bicyclic) bond motifs is 1. The van der Waals surface area contributed by atoms with Gasteiger partial charge in [0.2, 0.25) is 0 Å². The first kappa shape index (κ1) is 16.6. The van der Waals surface area contributed by atoms with E-state index in [4.69, 9.17) is 4.42 Å². The number of benzene rings is 2. The van der Waals surface area contributed by atoms with Crippen LogP contribution in [0.2, 0.25) is 0 Å². The third kappa shape index (κ3) is 3.14. The zero-order valence-corrected chi connectivity index (χ0v) is 15.1. The Kier molecular flexibility index (Phi) is 3.89. The molecular weight excluding hydrogens is 374 g/mol. The molecule has 0 saturated carbocycles. The molecule has 132 valence electrons. The molecule has 26 heavy (non-hydrogen) atoms. The van der Waals surface area contributed by atoms with Gasteiger partial charge >= 0.3 is 5.76 Å². The number of aryl methyl sites for hydroxylation is 1. The molecule has 7 nitrogen and oxygen atoms in total. The topological polar surface area (TPSA) is 105 Å². The third-order valence-electron chi connectivity index (χ3n) is 3.77. The molecule has 0 aliphatic heterocycles. The molecule has 0 radical (unpaired) electrons. The van der Waals surface area contributed by atoms with Crippen LogP contribution in [0.15, 0.2) is 62.0 Å². The minimum absolute atomic E-state index is 0.176. The van der Waals surface area contributed by atoms with E-state index in [-0.39, 0.29) is 10.0 Å². The van der Waals surface area contributed by atoms with Crippen LogP contribution in [0.3, 0.4) is 0 Å². The van der Waals surface area contributed by atoms with Gasteiger partial charge in [-0.2, -0.15) is 0 Å². The maximum atomic E-state index is 12.4. The Bertz CT molecular complexity index is 1250. The van der Waals surface area contributed by atoms with Crippen LogP contribution in [0.4, 0.5) is 5.13 Å². The zero-order chi connectivity index (χ0) is 18.3. The highest BCUT2D eigenvalue weighted by atomic mass is 32.2. The highest BCUT2D eigenvalue weighted by molar-refractivity contribution is 7.93. The molecule has 0 spiro atoms. The molecule has 2 heterocycles. The number of hydrogen-bond acceptors (Lipinski definition) is 6. The van der Waals surface area contributed by atoms with Crippen molar-refractivity contribution in [3.8, 4) is 11.3 Å². The van der Waals surface area contributed by atoms with E-state index >= 15 is 0 Å². The SMILES string of the molecule is Cc1ccc(S(=O)(=O)Nc2nc(-c3ccc4[nH]c(=O)oc4c3)cs2)cc1. The number of H-pyrrole nitrogens is 1. The van der Waals surface area contributed by atoms with Crippen molar-refractivity contribution in [2.75, 3.05) is 4.72 Å². The van der Waals surface area contributed by atoms with Gasteiger partial charge in [-0.1, -0.05) is 23.8 Å². The number of nitrogens with one attached hydrogen (secondary N) is 2. The summed E-state index contributed by atoms with van der Waals surface area (Å²) in [5, 5.41) is 2.00. The van der Waals surface area contributed by atoms with Gasteiger partial charge < -0.3 is 4.42 Å². The number of aromatic nitrogens is 2. The van der Waals surface area contributed by atoms with Crippen molar-refractivity contribution in [1.29, 1.82) is 0 Å². The lowest BCUT2D eigenvalue weighted by Gasteiger charge is -2.05. The molecule has 0 unspecified atom stereocenters. The number of oxazole rings is 1. The fraction of sp³-hybridized carbons (Fsp3) is 0.0588. The number of anilines is 1. The lowest BCUT2D eigenvalue weighted by atomic mass is 10.1. The molecule has 0 atom stereocenters. The second-order valence-electron chi connectivity index (χ2n) is 5.68. The van der Waals surface area contributed by atoms with Gasteiger partial charge in [0, 0.05) is 10.9 Å². The van der Waals surface area contributed by atoms with Crippen molar-refractivity contribution in [1.82, 2.24) is 9.97 Å². The van der Waals surface area contributed by atoms with Crippen LogP contribution < -0.4 is 10.5 Å². The van der Waals surface area contributed by atoms with Crippen molar-refractivity contribution in [3.05, 3.63) is 64.0 Å². The van der Waals surface area contributed by atoms with Gasteiger partial charge in [0.05, 0.1) is 16.1 Å². The zero-order valence-electron chi connectivity index (χ0n) is 13.5. The molecule has 0 bridgehead atoms. The summed E-state index contributed by atoms with van der Waals surface area (Å²) >= 11 is 1.18. The van der Waals surface area contributed by atoms with E-state index in [2.05, 4.69) is 14.7 Å². The summed E-state index contributed by atoms with van der Waals surface area (Å²) < 4.78 is 32.4. The first-order chi connectivity index (χ1) is 12.4. The van der Waals surface area contributed by atoms with Crippen LogP contribution in [0.25, 0.3) is 22.4 Å². The van der Waals surface area contributed by atoms with E-state index in [9.17, 15) is 13.2 Å². The van der Waals surface area contributed by atoms with Crippen molar-refractivity contribution in [3.63, 3.8) is 0 Å². The molecule has 0 aliphatic carbocycles. The van der Waals surface area contributed by atoms with E-state index < -0.39 is 15.8 Å². The number of aromatic amines is 1. The van der Waals surface area contributed by atoms with E-state index in [1.54, 1.807) is 47.8 Å². The third-order valence-corrected chi connectivity index (χ3v) is 6.02. The Labute approximate surface area is 152 Å². The summed E-state index contributed by atoms with van der Waals surface area (Å²) in [6, 6.07) is 11.7. The molecule has 0 aliphatic rings. The van der Waals surface area contributed by atoms with Gasteiger partial charge in [-0.05, 0) is 31.2 Å². The van der Waals surface area contributed by atoms with E-state index in [0.29, 0.717) is 16.8 Å². The summed E-state index contributed by atoms with van der Waals surface area (Å²) in [6.07, 6.45) is 0. The first-order valence-electron chi connectivity index (χ1n) is 7.59. The predicted octanol–water partition coefficient (Wildman–Crippen LogP) is 3.35. The van der Waals surface area contributed by atoms with Crippen molar-refractivity contribution in [2.45, 2.75) is 11.8 Å². The molecule has 2 N–H and O–H groups in total. The smallest absolute Gasteiger partial charge is 0.408 e. The normalized spacial score (nSPS) is 11.7. The molecular formula is C17H13N3O4S2. The average Bonchev–Trinajstić information content (AvgIpc) is 3.19. The highest BCUT2D eigenvalue weighted by Crippen LogP contribution is 2.28. The molecule has 0 saturated heterocycles. The van der Waals surface area contributed by atoms with Crippen molar-refractivity contribution in [2.24, 2.45) is 0 Å². The van der Waals surface area contributed by atoms with E-state index in [0.717, 1.165) is 11.1 Å². The summed E-state index contributed by atoms with van der Waals surface area (Å²) in [7, 11) is -3.70. The minimum Gasteiger partial charge on any atom is -0.408 e. The standard InChI is InChI=1S/C17H13N3O4S2/c1-10-2-5-12(6-3-10)26(22,23)20-16-18-14(9-25-16)11-4-7-13-15(8-11)24-17(21)19-13/h2-9H,1H3,(H,18,20)(H,19,21). The maximum Gasteiger partial charge on any atom is 0.417 e. The molecule has 2 aromatic carbocycles. The molecule has 4 aromatic rings. The number of rotatable bonds is 4. The monoisotopic (exact) mass is 387 g/mol. The first-order valence-corrected chi connectivity index (χ1v) is 9.95. The number of sulfonamides is 1. The van der Waals surface area contributed by atoms with Crippen LogP contribution in [0, 0.1) is 6.92 Å². The number of nitrogens with zero attached hydrogens (tertiary/aromatic N) is 1. The van der Waals surface area contributed by atoms with Crippen molar-refractivity contribution < 1.29 is 12.8 Å². The fourth-order valence-electron chi connectivity index (χ4n) is 2.45. The molecule has 9 heteroatoms. The Balaban J connectivity index is 1.62. The van der Waals surface area contributed by atoms with Crippen LogP contribution in [0.5, 0.6) is 0 Å². The molecule has 0 fully saturated rings. The second kappa shape index (κ2) is 6.11. The van der Waals surface area contributed by atoms with Gasteiger partial charge in [0.15, 0.2) is 10.7 Å². The average molecular weight is 387 g/mol. The quantitative estimate of drug-likeness (QED) is 0.559. The summed E-state index contributed by atoms with van der Waals surface area (Å²) in [5.41, 5.74) is 3.29. The molecule has 0 amide bonds. The summed E-state index contributed by atoms with van der Waals surface area (Å²) in [6.45, 7) is 1.89. The van der Waals surface area contributed by atoms with Gasteiger partial charge in [-0.15, -0.1) is 11.3 Å². The molecule has 4 rings (SSSR count). The van der Waals surface area contributed by atoms with Crippen molar-refractivity contribution >= 4 is 37.6 Å². The van der Waals surface area contributed by atoms with Gasteiger partial charge in [0.25, 0.3) is 10.0 Å². The van der Waals surface area contributed by atoms with Crippen LogP contribution in [-0.2, 0) is 10.0 Å². The minimum atomic E-state index is -3.70. The highest BCUT2D eigenvalue weighted by Gasteiger charge is 2.16. The maximum absolute atomic E-state index is 12.4. The second-order valence-corrected chi connectivity index (χ2v) is 8.22. The van der Waals surface area contributed by atoms with Gasteiger partial charge in [0.1, 0.15) is 0 Å². The fourth-order valence-corrected chi connectivity index (χ4v) is 4.42. The van der Waals surface area contributed by atoms with Crippen LogP contribution >= 0.6 is 11.3 Å². The van der Waals surface area contributed by atoms with Crippen LogP contribution in [0.1, 0.15) is 5.56 Å². The Morgan fingerprint density at radius 2 is 1.92 bits per heavy atom. The molecule has 2 aromatic heterocycles.